The van der Waals surface area contributed by atoms with Crippen molar-refractivity contribution in [3.05, 3.63) is 41.8 Å². The molecule has 0 spiro atoms. The Morgan fingerprint density at radius 1 is 1.43 bits per heavy atom. The highest BCUT2D eigenvalue weighted by Crippen LogP contribution is 2.37. The molecule has 2 heterocycles. The second kappa shape index (κ2) is 4.63. The van der Waals surface area contributed by atoms with Crippen molar-refractivity contribution < 1.29 is 0 Å². The highest BCUT2D eigenvalue weighted by Gasteiger charge is 2.13. The van der Waals surface area contributed by atoms with E-state index in [4.69, 9.17) is 0 Å². The van der Waals surface area contributed by atoms with E-state index in [0.717, 1.165) is 0 Å². The monoisotopic (exact) mass is 398 g/mol. The van der Waals surface area contributed by atoms with Gasteiger partial charge in [0.2, 0.25) is 0 Å². The van der Waals surface area contributed by atoms with E-state index in [1.165, 1.54) is 18.2 Å². The molecule has 2 rings (SSSR count). The van der Waals surface area contributed by atoms with Gasteiger partial charge in [0, 0.05) is 9.75 Å². The van der Waals surface area contributed by atoms with Crippen LogP contribution in [0.2, 0.25) is 0 Å². The number of rotatable bonds is 2. The molecule has 1 atom stereocenters. The number of thiophene rings is 2. The fraction of sp³-hybridized carbons (Fsp3) is 0.200. The van der Waals surface area contributed by atoms with Gasteiger partial charge in [0.1, 0.15) is 0 Å². The first-order valence-electron chi connectivity index (χ1n) is 4.11. The summed E-state index contributed by atoms with van der Waals surface area (Å²) >= 11 is 9.74. The number of alkyl halides is 1. The van der Waals surface area contributed by atoms with Gasteiger partial charge in [-0.25, -0.2) is 0 Å². The number of halogens is 2. The maximum absolute atomic E-state index is 3.73. The van der Waals surface area contributed by atoms with E-state index >= 15 is 0 Å². The summed E-state index contributed by atoms with van der Waals surface area (Å²) in [5.74, 6) is 0. The normalized spacial score (nSPS) is 13.1. The molecule has 0 nitrogen and oxygen atoms in total. The smallest absolute Gasteiger partial charge is 0.0746 e. The molecule has 0 saturated heterocycles. The van der Waals surface area contributed by atoms with Crippen molar-refractivity contribution in [2.45, 2.75) is 11.8 Å². The molecule has 0 N–H and O–H groups in total. The molecule has 74 valence electrons. The fourth-order valence-electron chi connectivity index (χ4n) is 1.21. The van der Waals surface area contributed by atoms with Crippen molar-refractivity contribution in [3.8, 4) is 0 Å². The third-order valence-corrected chi connectivity index (χ3v) is 6.09. The highest BCUT2D eigenvalue weighted by molar-refractivity contribution is 14.1. The van der Waals surface area contributed by atoms with Crippen molar-refractivity contribution in [1.29, 1.82) is 0 Å². The van der Waals surface area contributed by atoms with Crippen LogP contribution in [-0.2, 0) is 0 Å². The largest absolute Gasteiger partial charge is 0.144 e. The summed E-state index contributed by atoms with van der Waals surface area (Å²) in [7, 11) is 0. The van der Waals surface area contributed by atoms with Gasteiger partial charge in [-0.2, -0.15) is 0 Å². The van der Waals surface area contributed by atoms with Crippen LogP contribution in [0.5, 0.6) is 0 Å². The molecule has 2 aromatic heterocycles. The molecule has 0 fully saturated rings. The van der Waals surface area contributed by atoms with Gasteiger partial charge in [-0.05, 0) is 58.7 Å². The van der Waals surface area contributed by atoms with E-state index in [1.807, 2.05) is 11.3 Å². The summed E-state index contributed by atoms with van der Waals surface area (Å²) < 4.78 is 1.34. The Kier molecular flexibility index (Phi) is 3.68. The Labute approximate surface area is 114 Å². The Bertz CT molecular complexity index is 393. The standard InChI is InChI=1S/C10H8BrIS2/c1-6-2-3-8(14-6)10(11)7-4-9(12)13-5-7/h2-5,10H,1H3. The van der Waals surface area contributed by atoms with Crippen molar-refractivity contribution >= 4 is 61.2 Å². The van der Waals surface area contributed by atoms with E-state index in [9.17, 15) is 0 Å². The molecule has 4 heteroatoms. The van der Waals surface area contributed by atoms with Gasteiger partial charge in [0.25, 0.3) is 0 Å². The second-order valence-electron chi connectivity index (χ2n) is 3.00. The third-order valence-electron chi connectivity index (χ3n) is 1.89. The average Bonchev–Trinajstić information content (AvgIpc) is 2.73. The van der Waals surface area contributed by atoms with Crippen molar-refractivity contribution in [2.75, 3.05) is 0 Å². The second-order valence-corrected chi connectivity index (χ2v) is 8.04. The molecule has 2 aromatic rings. The van der Waals surface area contributed by atoms with Crippen LogP contribution >= 0.6 is 61.2 Å². The lowest BCUT2D eigenvalue weighted by atomic mass is 10.2. The molecule has 0 bridgehead atoms. The number of hydrogen-bond acceptors (Lipinski definition) is 2. The van der Waals surface area contributed by atoms with Crippen LogP contribution < -0.4 is 0 Å². The molecule has 0 aliphatic heterocycles. The van der Waals surface area contributed by atoms with Crippen LogP contribution in [0.4, 0.5) is 0 Å². The molecule has 0 amide bonds. The Morgan fingerprint density at radius 3 is 2.71 bits per heavy atom. The quantitative estimate of drug-likeness (QED) is 0.481. The Balaban J connectivity index is 2.28. The molecule has 1 unspecified atom stereocenters. The lowest BCUT2D eigenvalue weighted by Crippen LogP contribution is -1.84. The van der Waals surface area contributed by atoms with Crippen LogP contribution in [0.15, 0.2) is 23.6 Å². The predicted molar refractivity (Wildman–Crippen MR) is 76.9 cm³/mol. The van der Waals surface area contributed by atoms with Crippen LogP contribution in [0, 0.1) is 9.81 Å². The summed E-state index contributed by atoms with van der Waals surface area (Å²) in [6.45, 7) is 2.14. The zero-order chi connectivity index (χ0) is 10.1. The van der Waals surface area contributed by atoms with Crippen LogP contribution in [0.3, 0.4) is 0 Å². The zero-order valence-corrected chi connectivity index (χ0v) is 12.8. The number of hydrogen-bond donors (Lipinski definition) is 0. The minimum absolute atomic E-state index is 0.362. The van der Waals surface area contributed by atoms with Gasteiger partial charge in [-0.3, -0.25) is 0 Å². The maximum atomic E-state index is 3.73. The van der Waals surface area contributed by atoms with Crippen molar-refractivity contribution in [2.24, 2.45) is 0 Å². The number of aryl methyl sites for hydroxylation is 1. The first-order valence-corrected chi connectivity index (χ1v) is 7.80. The van der Waals surface area contributed by atoms with E-state index in [2.05, 4.69) is 69.0 Å². The van der Waals surface area contributed by atoms with Crippen molar-refractivity contribution in [1.82, 2.24) is 0 Å². The van der Waals surface area contributed by atoms with Crippen LogP contribution in [-0.4, -0.2) is 0 Å². The molecule has 14 heavy (non-hydrogen) atoms. The molecule has 0 radical (unpaired) electrons. The molecular weight excluding hydrogens is 391 g/mol. The molecule has 0 aromatic carbocycles. The highest BCUT2D eigenvalue weighted by atomic mass is 127. The van der Waals surface area contributed by atoms with Gasteiger partial charge in [-0.1, -0.05) is 15.9 Å². The SMILES string of the molecule is Cc1ccc(C(Br)c2csc(I)c2)s1. The lowest BCUT2D eigenvalue weighted by molar-refractivity contribution is 1.25. The third kappa shape index (κ3) is 2.40. The van der Waals surface area contributed by atoms with Gasteiger partial charge in [-0.15, -0.1) is 22.7 Å². The van der Waals surface area contributed by atoms with Gasteiger partial charge in [0.05, 0.1) is 7.71 Å². The van der Waals surface area contributed by atoms with Crippen LogP contribution in [0.25, 0.3) is 0 Å². The molecule has 0 aliphatic carbocycles. The Hall–Kier alpha value is 0.610. The average molecular weight is 399 g/mol. The van der Waals surface area contributed by atoms with Crippen molar-refractivity contribution in [3.63, 3.8) is 0 Å². The summed E-state index contributed by atoms with van der Waals surface area (Å²) in [6.07, 6.45) is 0. The van der Waals surface area contributed by atoms with Gasteiger partial charge < -0.3 is 0 Å². The molecule has 0 saturated carbocycles. The van der Waals surface area contributed by atoms with Gasteiger partial charge in [0.15, 0.2) is 0 Å². The van der Waals surface area contributed by atoms with E-state index in [1.54, 1.807) is 11.3 Å². The summed E-state index contributed by atoms with van der Waals surface area (Å²) in [5.41, 5.74) is 1.36. The van der Waals surface area contributed by atoms with E-state index < -0.39 is 0 Å². The minimum atomic E-state index is 0.362. The first kappa shape index (κ1) is 11.1. The Morgan fingerprint density at radius 2 is 2.21 bits per heavy atom. The molecular formula is C10H8BrIS2. The minimum Gasteiger partial charge on any atom is -0.144 e. The lowest BCUT2D eigenvalue weighted by Gasteiger charge is -2.03. The summed E-state index contributed by atoms with van der Waals surface area (Å²) in [4.78, 5) is 3.12. The maximum Gasteiger partial charge on any atom is 0.0746 e. The topological polar surface area (TPSA) is 0 Å². The fourth-order valence-corrected chi connectivity index (χ4v) is 4.36. The predicted octanol–water partition coefficient (Wildman–Crippen LogP) is 5.21. The summed E-state index contributed by atoms with van der Waals surface area (Å²) in [5, 5.41) is 2.22. The van der Waals surface area contributed by atoms with E-state index in [0.29, 0.717) is 4.83 Å². The first-order chi connectivity index (χ1) is 6.66. The van der Waals surface area contributed by atoms with E-state index in [-0.39, 0.29) is 0 Å². The van der Waals surface area contributed by atoms with Gasteiger partial charge >= 0.3 is 0 Å². The zero-order valence-electron chi connectivity index (χ0n) is 7.46. The van der Waals surface area contributed by atoms with Crippen LogP contribution in [0.1, 0.15) is 20.1 Å². The summed E-state index contributed by atoms with van der Waals surface area (Å²) in [6, 6.07) is 6.61. The molecule has 0 aliphatic rings.